The SMILES string of the molecule is Cc1[nH]c(N)nc1-c1cc(Br)cs1. The highest BCUT2D eigenvalue weighted by atomic mass is 79.9. The number of anilines is 1. The highest BCUT2D eigenvalue weighted by Crippen LogP contribution is 2.30. The van der Waals surface area contributed by atoms with Gasteiger partial charge in [0.25, 0.3) is 0 Å². The minimum atomic E-state index is 0.469. The summed E-state index contributed by atoms with van der Waals surface area (Å²) < 4.78 is 1.08. The van der Waals surface area contributed by atoms with E-state index in [2.05, 4.69) is 25.9 Å². The van der Waals surface area contributed by atoms with Crippen LogP contribution in [0.25, 0.3) is 10.6 Å². The second-order valence-electron chi connectivity index (χ2n) is 2.72. The van der Waals surface area contributed by atoms with Crippen LogP contribution in [0.4, 0.5) is 5.95 Å². The zero-order valence-corrected chi connectivity index (χ0v) is 9.37. The van der Waals surface area contributed by atoms with Crippen molar-refractivity contribution in [2.45, 2.75) is 6.92 Å². The molecular weight excluding hydrogens is 250 g/mol. The molecule has 3 nitrogen and oxygen atoms in total. The summed E-state index contributed by atoms with van der Waals surface area (Å²) in [4.78, 5) is 8.30. The van der Waals surface area contributed by atoms with Crippen molar-refractivity contribution in [3.63, 3.8) is 0 Å². The van der Waals surface area contributed by atoms with Gasteiger partial charge in [0.05, 0.1) is 4.88 Å². The molecule has 0 saturated carbocycles. The molecule has 2 rings (SSSR count). The summed E-state index contributed by atoms with van der Waals surface area (Å²) in [5.74, 6) is 0.469. The Morgan fingerprint density at radius 3 is 2.85 bits per heavy atom. The molecule has 0 saturated heterocycles. The fourth-order valence-electron chi connectivity index (χ4n) is 1.16. The molecule has 0 unspecified atom stereocenters. The number of aryl methyl sites for hydroxylation is 1. The van der Waals surface area contributed by atoms with E-state index < -0.39 is 0 Å². The molecule has 0 radical (unpaired) electrons. The number of imidazole rings is 1. The van der Waals surface area contributed by atoms with Crippen LogP contribution in [0.5, 0.6) is 0 Å². The smallest absolute Gasteiger partial charge is 0.198 e. The number of halogens is 1. The Morgan fingerprint density at radius 2 is 2.38 bits per heavy atom. The van der Waals surface area contributed by atoms with E-state index >= 15 is 0 Å². The monoisotopic (exact) mass is 257 g/mol. The first-order valence-electron chi connectivity index (χ1n) is 3.73. The Morgan fingerprint density at radius 1 is 1.62 bits per heavy atom. The van der Waals surface area contributed by atoms with E-state index in [0.717, 1.165) is 20.7 Å². The second-order valence-corrected chi connectivity index (χ2v) is 4.55. The van der Waals surface area contributed by atoms with Gasteiger partial charge in [-0.15, -0.1) is 11.3 Å². The van der Waals surface area contributed by atoms with Gasteiger partial charge in [-0.1, -0.05) is 0 Å². The molecule has 2 aromatic heterocycles. The van der Waals surface area contributed by atoms with Crippen molar-refractivity contribution in [2.75, 3.05) is 5.73 Å². The molecule has 3 N–H and O–H groups in total. The molecular formula is C8H8BrN3S. The van der Waals surface area contributed by atoms with Crippen molar-refractivity contribution >= 4 is 33.2 Å². The number of nitrogens with one attached hydrogen (secondary N) is 1. The maximum atomic E-state index is 5.55. The van der Waals surface area contributed by atoms with E-state index in [1.807, 2.05) is 18.4 Å². The Balaban J connectivity index is 2.51. The maximum Gasteiger partial charge on any atom is 0.198 e. The summed E-state index contributed by atoms with van der Waals surface area (Å²) in [6, 6.07) is 2.04. The van der Waals surface area contributed by atoms with Crippen LogP contribution in [-0.4, -0.2) is 9.97 Å². The summed E-state index contributed by atoms with van der Waals surface area (Å²) in [6.07, 6.45) is 0. The Kier molecular flexibility index (Phi) is 2.13. The van der Waals surface area contributed by atoms with E-state index in [0.29, 0.717) is 5.95 Å². The highest BCUT2D eigenvalue weighted by Gasteiger charge is 2.08. The average molecular weight is 258 g/mol. The molecule has 0 amide bonds. The van der Waals surface area contributed by atoms with Gasteiger partial charge in [0, 0.05) is 15.5 Å². The van der Waals surface area contributed by atoms with E-state index in [9.17, 15) is 0 Å². The first kappa shape index (κ1) is 8.77. The molecule has 0 aliphatic heterocycles. The van der Waals surface area contributed by atoms with Crippen LogP contribution in [0.15, 0.2) is 15.9 Å². The molecule has 5 heteroatoms. The lowest BCUT2D eigenvalue weighted by Gasteiger charge is -1.90. The zero-order valence-electron chi connectivity index (χ0n) is 6.97. The number of nitrogens with two attached hydrogens (primary N) is 1. The van der Waals surface area contributed by atoms with Crippen molar-refractivity contribution < 1.29 is 0 Å². The van der Waals surface area contributed by atoms with Gasteiger partial charge in [0.15, 0.2) is 5.95 Å². The van der Waals surface area contributed by atoms with Crippen molar-refractivity contribution in [3.05, 3.63) is 21.6 Å². The molecule has 0 aromatic carbocycles. The number of nitrogen functional groups attached to an aromatic ring is 1. The van der Waals surface area contributed by atoms with E-state index in [-0.39, 0.29) is 0 Å². The first-order chi connectivity index (χ1) is 6.16. The number of hydrogen-bond donors (Lipinski definition) is 2. The number of thiophene rings is 1. The number of rotatable bonds is 1. The third kappa shape index (κ3) is 1.62. The normalized spacial score (nSPS) is 10.6. The first-order valence-corrected chi connectivity index (χ1v) is 5.40. The lowest BCUT2D eigenvalue weighted by Crippen LogP contribution is -1.85. The lowest BCUT2D eigenvalue weighted by atomic mass is 10.3. The van der Waals surface area contributed by atoms with Crippen LogP contribution < -0.4 is 5.73 Å². The van der Waals surface area contributed by atoms with Crippen LogP contribution in [0.1, 0.15) is 5.69 Å². The molecule has 0 fully saturated rings. The summed E-state index contributed by atoms with van der Waals surface area (Å²) in [6.45, 7) is 1.96. The molecule has 2 aromatic rings. The minimum Gasteiger partial charge on any atom is -0.369 e. The van der Waals surface area contributed by atoms with Gasteiger partial charge >= 0.3 is 0 Å². The van der Waals surface area contributed by atoms with Crippen molar-refractivity contribution in [2.24, 2.45) is 0 Å². The number of H-pyrrole nitrogens is 1. The molecule has 0 spiro atoms. The van der Waals surface area contributed by atoms with Gasteiger partial charge in [0.2, 0.25) is 0 Å². The third-order valence-electron chi connectivity index (χ3n) is 1.70. The predicted octanol–water partition coefficient (Wildman–Crippen LogP) is 2.79. The summed E-state index contributed by atoms with van der Waals surface area (Å²) in [7, 11) is 0. The van der Waals surface area contributed by atoms with Crippen LogP contribution in [-0.2, 0) is 0 Å². The maximum absolute atomic E-state index is 5.55. The number of aromatic amines is 1. The van der Waals surface area contributed by atoms with Crippen molar-refractivity contribution in [1.82, 2.24) is 9.97 Å². The largest absolute Gasteiger partial charge is 0.369 e. The van der Waals surface area contributed by atoms with Gasteiger partial charge in [-0.25, -0.2) is 4.98 Å². The lowest BCUT2D eigenvalue weighted by molar-refractivity contribution is 1.26. The van der Waals surface area contributed by atoms with E-state index in [1.165, 1.54) is 0 Å². The highest BCUT2D eigenvalue weighted by molar-refractivity contribution is 9.10. The van der Waals surface area contributed by atoms with Gasteiger partial charge in [0.1, 0.15) is 5.69 Å². The quantitative estimate of drug-likeness (QED) is 0.826. The predicted molar refractivity (Wildman–Crippen MR) is 58.8 cm³/mol. The number of hydrogen-bond acceptors (Lipinski definition) is 3. The van der Waals surface area contributed by atoms with Gasteiger partial charge < -0.3 is 10.7 Å². The van der Waals surface area contributed by atoms with Gasteiger partial charge in [-0.2, -0.15) is 0 Å². The Bertz CT molecular complexity index is 432. The van der Waals surface area contributed by atoms with Crippen molar-refractivity contribution in [1.29, 1.82) is 0 Å². The average Bonchev–Trinajstić information content (AvgIpc) is 2.58. The van der Waals surface area contributed by atoms with Gasteiger partial charge in [-0.3, -0.25) is 0 Å². The molecule has 0 aliphatic carbocycles. The summed E-state index contributed by atoms with van der Waals surface area (Å²) in [5.41, 5.74) is 7.49. The topological polar surface area (TPSA) is 54.7 Å². The van der Waals surface area contributed by atoms with Crippen LogP contribution >= 0.6 is 27.3 Å². The van der Waals surface area contributed by atoms with Crippen molar-refractivity contribution in [3.8, 4) is 10.6 Å². The fourth-order valence-corrected chi connectivity index (χ4v) is 2.63. The molecule has 0 bridgehead atoms. The third-order valence-corrected chi connectivity index (χ3v) is 3.40. The van der Waals surface area contributed by atoms with Crippen LogP contribution in [0.2, 0.25) is 0 Å². The minimum absolute atomic E-state index is 0.469. The van der Waals surface area contributed by atoms with Crippen LogP contribution in [0.3, 0.4) is 0 Å². The molecule has 0 atom stereocenters. The summed E-state index contributed by atoms with van der Waals surface area (Å²) in [5, 5.41) is 2.03. The molecule has 13 heavy (non-hydrogen) atoms. The molecule has 0 aliphatic rings. The number of nitrogens with zero attached hydrogens (tertiary/aromatic N) is 1. The van der Waals surface area contributed by atoms with Crippen LogP contribution in [0, 0.1) is 6.92 Å². The summed E-state index contributed by atoms with van der Waals surface area (Å²) >= 11 is 5.05. The number of aromatic nitrogens is 2. The Hall–Kier alpha value is -0.810. The zero-order chi connectivity index (χ0) is 9.42. The standard InChI is InChI=1S/C8H8BrN3S/c1-4-7(12-8(10)11-4)6-2-5(9)3-13-6/h2-3H,1H3,(H3,10,11,12). The second kappa shape index (κ2) is 3.16. The molecule has 68 valence electrons. The van der Waals surface area contributed by atoms with E-state index in [1.54, 1.807) is 11.3 Å². The van der Waals surface area contributed by atoms with Gasteiger partial charge in [-0.05, 0) is 28.9 Å². The molecule has 2 heterocycles. The van der Waals surface area contributed by atoms with E-state index in [4.69, 9.17) is 5.73 Å². The Labute approximate surface area is 88.1 Å². The fraction of sp³-hybridized carbons (Fsp3) is 0.125.